The first-order valence-electron chi connectivity index (χ1n) is 7.31. The summed E-state index contributed by atoms with van der Waals surface area (Å²) < 4.78 is 37.5. The Morgan fingerprint density at radius 1 is 1.24 bits per heavy atom. The molecule has 1 N–H and O–H groups in total. The molecule has 1 aliphatic rings. The molecule has 0 amide bonds. The van der Waals surface area contributed by atoms with E-state index in [0.717, 1.165) is 6.54 Å². The summed E-state index contributed by atoms with van der Waals surface area (Å²) in [6.45, 7) is 6.11. The highest BCUT2D eigenvalue weighted by Crippen LogP contribution is 2.32. The Hall–Kier alpha value is -1.07. The van der Waals surface area contributed by atoms with Crippen LogP contribution in [0.3, 0.4) is 0 Å². The number of halogens is 3. The van der Waals surface area contributed by atoms with Crippen LogP contribution in [0.1, 0.15) is 29.5 Å². The third-order valence-corrected chi connectivity index (χ3v) is 4.52. The fourth-order valence-electron chi connectivity index (χ4n) is 2.92. The summed E-state index contributed by atoms with van der Waals surface area (Å²) in [4.78, 5) is 2.17. The van der Waals surface area contributed by atoms with Gasteiger partial charge in [-0.3, -0.25) is 4.90 Å². The van der Waals surface area contributed by atoms with Gasteiger partial charge in [0.15, 0.2) is 6.10 Å². The van der Waals surface area contributed by atoms with E-state index in [1.54, 1.807) is 0 Å². The zero-order valence-corrected chi connectivity index (χ0v) is 12.5. The van der Waals surface area contributed by atoms with Crippen LogP contribution >= 0.6 is 0 Å². The summed E-state index contributed by atoms with van der Waals surface area (Å²) in [5, 5.41) is 9.32. The smallest absolute Gasteiger partial charge is 0.383 e. The summed E-state index contributed by atoms with van der Waals surface area (Å²) in [5.41, 5.74) is 3.70. The SMILES string of the molecule is Cc1cccc(CN2CCC(C(O)C(F)(F)F)CC2)c1C. The molecular weight excluding hydrogens is 279 g/mol. The Morgan fingerprint density at radius 2 is 1.86 bits per heavy atom. The van der Waals surface area contributed by atoms with E-state index >= 15 is 0 Å². The second-order valence-electron chi connectivity index (χ2n) is 5.96. The molecule has 0 saturated carbocycles. The molecule has 1 atom stereocenters. The van der Waals surface area contributed by atoms with Crippen LogP contribution in [0.25, 0.3) is 0 Å². The van der Waals surface area contributed by atoms with Crippen LogP contribution in [0.4, 0.5) is 13.2 Å². The van der Waals surface area contributed by atoms with Crippen LogP contribution in [-0.4, -0.2) is 35.4 Å². The molecule has 1 heterocycles. The molecule has 1 aromatic rings. The third-order valence-electron chi connectivity index (χ3n) is 4.52. The number of rotatable bonds is 3. The molecule has 0 bridgehead atoms. The van der Waals surface area contributed by atoms with Gasteiger partial charge in [0.25, 0.3) is 0 Å². The van der Waals surface area contributed by atoms with Gasteiger partial charge >= 0.3 is 6.18 Å². The predicted molar refractivity (Wildman–Crippen MR) is 76.0 cm³/mol. The molecule has 2 rings (SSSR count). The first kappa shape index (κ1) is 16.3. The van der Waals surface area contributed by atoms with Crippen LogP contribution in [0.15, 0.2) is 18.2 Å². The molecule has 0 spiro atoms. The van der Waals surface area contributed by atoms with Gasteiger partial charge in [0.1, 0.15) is 0 Å². The van der Waals surface area contributed by atoms with Crippen molar-refractivity contribution >= 4 is 0 Å². The van der Waals surface area contributed by atoms with Crippen molar-refractivity contribution in [2.24, 2.45) is 5.92 Å². The Morgan fingerprint density at radius 3 is 2.43 bits per heavy atom. The third kappa shape index (κ3) is 3.98. The Labute approximate surface area is 123 Å². The average molecular weight is 301 g/mol. The minimum absolute atomic E-state index is 0.394. The number of aliphatic hydroxyl groups excluding tert-OH is 1. The number of benzene rings is 1. The monoisotopic (exact) mass is 301 g/mol. The van der Waals surface area contributed by atoms with Crippen molar-refractivity contribution in [3.63, 3.8) is 0 Å². The lowest BCUT2D eigenvalue weighted by atomic mass is 9.90. The first-order chi connectivity index (χ1) is 9.79. The molecule has 0 radical (unpaired) electrons. The lowest BCUT2D eigenvalue weighted by molar-refractivity contribution is -0.223. The van der Waals surface area contributed by atoms with Crippen molar-refractivity contribution in [1.29, 1.82) is 0 Å². The number of aliphatic hydroxyl groups is 1. The molecule has 0 aromatic heterocycles. The van der Waals surface area contributed by atoms with Crippen molar-refractivity contribution in [1.82, 2.24) is 4.90 Å². The van der Waals surface area contributed by atoms with Gasteiger partial charge in [-0.15, -0.1) is 0 Å². The van der Waals surface area contributed by atoms with E-state index in [-0.39, 0.29) is 0 Å². The van der Waals surface area contributed by atoms with Crippen molar-refractivity contribution in [2.75, 3.05) is 13.1 Å². The number of likely N-dealkylation sites (tertiary alicyclic amines) is 1. The fraction of sp³-hybridized carbons (Fsp3) is 0.625. The summed E-state index contributed by atoms with van der Waals surface area (Å²) in [7, 11) is 0. The van der Waals surface area contributed by atoms with E-state index in [1.165, 1.54) is 16.7 Å². The molecule has 118 valence electrons. The highest BCUT2D eigenvalue weighted by Gasteiger charge is 2.44. The van der Waals surface area contributed by atoms with Crippen LogP contribution in [0.2, 0.25) is 0 Å². The average Bonchev–Trinajstić information content (AvgIpc) is 2.43. The zero-order chi connectivity index (χ0) is 15.6. The van der Waals surface area contributed by atoms with Crippen molar-refractivity contribution < 1.29 is 18.3 Å². The number of aryl methyl sites for hydroxylation is 1. The molecule has 2 nitrogen and oxygen atoms in total. The summed E-state index contributed by atoms with van der Waals surface area (Å²) in [5.74, 6) is -0.667. The fourth-order valence-corrected chi connectivity index (χ4v) is 2.92. The molecule has 1 fully saturated rings. The van der Waals surface area contributed by atoms with Gasteiger partial charge in [-0.2, -0.15) is 13.2 Å². The molecule has 1 aliphatic heterocycles. The topological polar surface area (TPSA) is 23.5 Å². The summed E-state index contributed by atoms with van der Waals surface area (Å²) >= 11 is 0. The summed E-state index contributed by atoms with van der Waals surface area (Å²) in [6.07, 6.45) is -5.89. The van der Waals surface area contributed by atoms with E-state index in [9.17, 15) is 18.3 Å². The van der Waals surface area contributed by atoms with Crippen molar-refractivity contribution in [3.8, 4) is 0 Å². The zero-order valence-electron chi connectivity index (χ0n) is 12.5. The maximum Gasteiger partial charge on any atom is 0.414 e. The molecule has 1 aromatic carbocycles. The number of hydrogen-bond acceptors (Lipinski definition) is 2. The van der Waals surface area contributed by atoms with Crippen LogP contribution in [0, 0.1) is 19.8 Å². The number of hydrogen-bond donors (Lipinski definition) is 1. The van der Waals surface area contributed by atoms with E-state index < -0.39 is 18.2 Å². The number of nitrogens with zero attached hydrogens (tertiary/aromatic N) is 1. The van der Waals surface area contributed by atoms with Gasteiger partial charge in [-0.25, -0.2) is 0 Å². The van der Waals surface area contributed by atoms with E-state index in [2.05, 4.69) is 30.9 Å². The van der Waals surface area contributed by atoms with Crippen LogP contribution in [-0.2, 0) is 6.54 Å². The molecule has 1 unspecified atom stereocenters. The minimum Gasteiger partial charge on any atom is -0.383 e. The summed E-state index contributed by atoms with van der Waals surface area (Å²) in [6, 6.07) is 6.14. The number of alkyl halides is 3. The van der Waals surface area contributed by atoms with Gasteiger partial charge in [0.2, 0.25) is 0 Å². The van der Waals surface area contributed by atoms with Gasteiger partial charge < -0.3 is 5.11 Å². The van der Waals surface area contributed by atoms with E-state index in [0.29, 0.717) is 25.9 Å². The van der Waals surface area contributed by atoms with Crippen molar-refractivity contribution in [2.45, 2.75) is 45.5 Å². The standard InChI is InChI=1S/C16H22F3NO/c1-11-4-3-5-14(12(11)2)10-20-8-6-13(7-9-20)15(21)16(17,18)19/h3-5,13,15,21H,6-10H2,1-2H3. The van der Waals surface area contributed by atoms with E-state index in [4.69, 9.17) is 0 Å². The number of piperidine rings is 1. The Bertz CT molecular complexity index is 479. The highest BCUT2D eigenvalue weighted by atomic mass is 19.4. The second-order valence-corrected chi connectivity index (χ2v) is 5.96. The van der Waals surface area contributed by atoms with Crippen molar-refractivity contribution in [3.05, 3.63) is 34.9 Å². The van der Waals surface area contributed by atoms with Gasteiger partial charge in [-0.1, -0.05) is 18.2 Å². The highest BCUT2D eigenvalue weighted by molar-refractivity contribution is 5.33. The molecule has 0 aliphatic carbocycles. The lowest BCUT2D eigenvalue weighted by Gasteiger charge is -2.35. The van der Waals surface area contributed by atoms with Crippen LogP contribution in [0.5, 0.6) is 0 Å². The van der Waals surface area contributed by atoms with Gasteiger partial charge in [0, 0.05) is 6.54 Å². The quantitative estimate of drug-likeness (QED) is 0.924. The second kappa shape index (κ2) is 6.36. The lowest BCUT2D eigenvalue weighted by Crippen LogP contribution is -2.43. The minimum atomic E-state index is -4.50. The Balaban J connectivity index is 1.91. The molecule has 21 heavy (non-hydrogen) atoms. The first-order valence-corrected chi connectivity index (χ1v) is 7.31. The maximum absolute atomic E-state index is 12.5. The largest absolute Gasteiger partial charge is 0.414 e. The van der Waals surface area contributed by atoms with Gasteiger partial charge in [-0.05, 0) is 62.4 Å². The predicted octanol–water partition coefficient (Wildman–Crippen LogP) is 3.44. The molecule has 5 heteroatoms. The van der Waals surface area contributed by atoms with Gasteiger partial charge in [0.05, 0.1) is 0 Å². The maximum atomic E-state index is 12.5. The van der Waals surface area contributed by atoms with E-state index in [1.807, 2.05) is 6.07 Å². The molecular formula is C16H22F3NO. The normalized spacial score (nSPS) is 19.7. The molecule has 1 saturated heterocycles. The van der Waals surface area contributed by atoms with Crippen LogP contribution < -0.4 is 0 Å². The Kier molecular flexibility index (Phi) is 4.94.